The number of rotatable bonds is 2. The second-order valence-corrected chi connectivity index (χ2v) is 6.04. The van der Waals surface area contributed by atoms with E-state index in [0.717, 1.165) is 21.0 Å². The lowest BCUT2D eigenvalue weighted by Gasteiger charge is -2.46. The number of amides is 1. The van der Waals surface area contributed by atoms with Crippen molar-refractivity contribution in [2.45, 2.75) is 18.9 Å². The molecule has 0 radical (unpaired) electrons. The van der Waals surface area contributed by atoms with Crippen LogP contribution in [0.15, 0.2) is 46.9 Å². The topological polar surface area (TPSA) is 20.3 Å². The summed E-state index contributed by atoms with van der Waals surface area (Å²) in [7, 11) is 0. The van der Waals surface area contributed by atoms with E-state index in [-0.39, 0.29) is 5.56 Å². The van der Waals surface area contributed by atoms with Gasteiger partial charge >= 0.3 is 11.8 Å². The van der Waals surface area contributed by atoms with Crippen molar-refractivity contribution >= 4 is 27.5 Å². The van der Waals surface area contributed by atoms with Gasteiger partial charge in [-0.3, -0.25) is 9.69 Å². The van der Waals surface area contributed by atoms with Crippen molar-refractivity contribution in [2.24, 2.45) is 0 Å². The SMILES string of the molecule is Cc1cc(N2C(=O)C(F)(F)C2c2cccc(F)c2)ccc1Br. The van der Waals surface area contributed by atoms with Crippen LogP contribution in [0.5, 0.6) is 0 Å². The van der Waals surface area contributed by atoms with Gasteiger partial charge in [0.15, 0.2) is 0 Å². The maximum Gasteiger partial charge on any atom is 0.349 e. The van der Waals surface area contributed by atoms with Crippen molar-refractivity contribution in [1.82, 2.24) is 0 Å². The number of benzene rings is 2. The molecule has 1 amide bonds. The van der Waals surface area contributed by atoms with Crippen LogP contribution in [-0.4, -0.2) is 11.8 Å². The fourth-order valence-electron chi connectivity index (χ4n) is 2.57. The number of nitrogens with zero attached hydrogens (tertiary/aromatic N) is 1. The minimum absolute atomic E-state index is 0.0742. The fraction of sp³-hybridized carbons (Fsp3) is 0.188. The molecule has 2 aromatic rings. The average Bonchev–Trinajstić information content (AvgIpc) is 2.47. The molecule has 1 aliphatic rings. The van der Waals surface area contributed by atoms with Gasteiger partial charge in [-0.2, -0.15) is 8.78 Å². The third-order valence-corrected chi connectivity index (χ3v) is 4.58. The predicted molar refractivity (Wildman–Crippen MR) is 80.5 cm³/mol. The molecule has 0 saturated carbocycles. The van der Waals surface area contributed by atoms with Gasteiger partial charge in [-0.1, -0.05) is 28.1 Å². The highest BCUT2D eigenvalue weighted by atomic mass is 79.9. The molecule has 1 unspecified atom stereocenters. The monoisotopic (exact) mass is 369 g/mol. The summed E-state index contributed by atoms with van der Waals surface area (Å²) in [6.07, 6.45) is 0. The van der Waals surface area contributed by atoms with Crippen molar-refractivity contribution in [3.8, 4) is 0 Å². The predicted octanol–water partition coefficient (Wildman–Crippen LogP) is 4.62. The first-order valence-corrected chi connectivity index (χ1v) is 7.35. The van der Waals surface area contributed by atoms with Gasteiger partial charge in [0.05, 0.1) is 0 Å². The highest BCUT2D eigenvalue weighted by molar-refractivity contribution is 9.10. The van der Waals surface area contributed by atoms with Crippen molar-refractivity contribution in [2.75, 3.05) is 4.90 Å². The Labute approximate surface area is 133 Å². The van der Waals surface area contributed by atoms with Gasteiger partial charge in [0.25, 0.3) is 0 Å². The van der Waals surface area contributed by atoms with Crippen molar-refractivity contribution in [3.05, 3.63) is 63.9 Å². The number of β-lactam (4-membered cyclic amide) rings is 1. The van der Waals surface area contributed by atoms with Gasteiger partial charge in [0.2, 0.25) is 0 Å². The van der Waals surface area contributed by atoms with Crippen LogP contribution in [0.3, 0.4) is 0 Å². The first kappa shape index (κ1) is 15.1. The Balaban J connectivity index is 2.06. The van der Waals surface area contributed by atoms with Gasteiger partial charge < -0.3 is 0 Å². The Bertz CT molecular complexity index is 763. The molecule has 1 aliphatic heterocycles. The summed E-state index contributed by atoms with van der Waals surface area (Å²) in [5.41, 5.74) is 1.26. The van der Waals surface area contributed by atoms with E-state index in [4.69, 9.17) is 0 Å². The molecule has 1 saturated heterocycles. The smallest absolute Gasteiger partial charge is 0.293 e. The minimum atomic E-state index is -3.53. The molecule has 1 fully saturated rings. The van der Waals surface area contributed by atoms with E-state index in [1.54, 1.807) is 25.1 Å². The first-order chi connectivity index (χ1) is 10.3. The number of hydrogen-bond donors (Lipinski definition) is 0. The number of aryl methyl sites for hydroxylation is 1. The maximum absolute atomic E-state index is 14.0. The summed E-state index contributed by atoms with van der Waals surface area (Å²) in [5.74, 6) is -5.42. The quantitative estimate of drug-likeness (QED) is 0.707. The molecular weight excluding hydrogens is 359 g/mol. The Morgan fingerprint density at radius 2 is 1.91 bits per heavy atom. The van der Waals surface area contributed by atoms with Crippen molar-refractivity contribution < 1.29 is 18.0 Å². The third kappa shape index (κ3) is 2.22. The molecule has 22 heavy (non-hydrogen) atoms. The van der Waals surface area contributed by atoms with Gasteiger partial charge in [-0.15, -0.1) is 0 Å². The lowest BCUT2D eigenvalue weighted by atomic mass is 9.88. The molecule has 1 heterocycles. The zero-order valence-corrected chi connectivity index (χ0v) is 13.1. The van der Waals surface area contributed by atoms with E-state index in [0.29, 0.717) is 5.69 Å². The summed E-state index contributed by atoms with van der Waals surface area (Å²) >= 11 is 3.32. The Morgan fingerprint density at radius 1 is 1.18 bits per heavy atom. The molecule has 0 spiro atoms. The van der Waals surface area contributed by atoms with E-state index in [1.807, 2.05) is 0 Å². The van der Waals surface area contributed by atoms with Gasteiger partial charge in [-0.05, 0) is 48.4 Å². The Morgan fingerprint density at radius 3 is 2.55 bits per heavy atom. The maximum atomic E-state index is 14.0. The molecule has 0 N–H and O–H groups in total. The molecule has 6 heteroatoms. The second-order valence-electron chi connectivity index (χ2n) is 5.19. The fourth-order valence-corrected chi connectivity index (χ4v) is 2.82. The van der Waals surface area contributed by atoms with Crippen LogP contribution in [0.25, 0.3) is 0 Å². The van der Waals surface area contributed by atoms with Crippen LogP contribution in [-0.2, 0) is 4.79 Å². The minimum Gasteiger partial charge on any atom is -0.293 e. The van der Waals surface area contributed by atoms with Gasteiger partial charge in [0, 0.05) is 10.2 Å². The van der Waals surface area contributed by atoms with E-state index < -0.39 is 23.7 Å². The largest absolute Gasteiger partial charge is 0.349 e. The molecule has 2 nitrogen and oxygen atoms in total. The van der Waals surface area contributed by atoms with Crippen LogP contribution >= 0.6 is 15.9 Å². The lowest BCUT2D eigenvalue weighted by Crippen LogP contribution is -2.64. The van der Waals surface area contributed by atoms with Gasteiger partial charge in [-0.25, -0.2) is 4.39 Å². The molecule has 0 bridgehead atoms. The van der Waals surface area contributed by atoms with E-state index >= 15 is 0 Å². The van der Waals surface area contributed by atoms with Crippen molar-refractivity contribution in [1.29, 1.82) is 0 Å². The molecule has 3 rings (SSSR count). The standard InChI is InChI=1S/C16H11BrF3NO/c1-9-7-12(5-6-13(9)17)21-14(16(19,20)15(21)22)10-3-2-4-11(18)8-10/h2-8,14H,1H3. The summed E-state index contributed by atoms with van der Waals surface area (Å²) in [6, 6.07) is 8.38. The van der Waals surface area contributed by atoms with Crippen LogP contribution in [0.2, 0.25) is 0 Å². The van der Waals surface area contributed by atoms with Crippen LogP contribution in [0.4, 0.5) is 18.9 Å². The van der Waals surface area contributed by atoms with E-state index in [1.165, 1.54) is 18.2 Å². The Kier molecular flexibility index (Phi) is 3.51. The number of carbonyl (C=O) groups is 1. The van der Waals surface area contributed by atoms with Crippen LogP contribution in [0.1, 0.15) is 17.2 Å². The summed E-state index contributed by atoms with van der Waals surface area (Å²) in [6.45, 7) is 1.80. The summed E-state index contributed by atoms with van der Waals surface area (Å²) in [4.78, 5) is 12.8. The number of hydrogen-bond acceptors (Lipinski definition) is 1. The lowest BCUT2D eigenvalue weighted by molar-refractivity contribution is -0.162. The molecular formula is C16H11BrF3NO. The van der Waals surface area contributed by atoms with Gasteiger partial charge in [0.1, 0.15) is 11.9 Å². The highest BCUT2D eigenvalue weighted by Gasteiger charge is 2.64. The average molecular weight is 370 g/mol. The zero-order valence-electron chi connectivity index (χ0n) is 11.5. The summed E-state index contributed by atoms with van der Waals surface area (Å²) in [5, 5.41) is 0. The summed E-state index contributed by atoms with van der Waals surface area (Å²) < 4.78 is 42.2. The molecule has 114 valence electrons. The van der Waals surface area contributed by atoms with E-state index in [2.05, 4.69) is 15.9 Å². The van der Waals surface area contributed by atoms with Crippen molar-refractivity contribution in [3.63, 3.8) is 0 Å². The van der Waals surface area contributed by atoms with Crippen LogP contribution < -0.4 is 4.90 Å². The number of anilines is 1. The van der Waals surface area contributed by atoms with E-state index in [9.17, 15) is 18.0 Å². The zero-order chi connectivity index (χ0) is 16.1. The molecule has 1 atom stereocenters. The highest BCUT2D eigenvalue weighted by Crippen LogP contribution is 2.50. The molecule has 2 aromatic carbocycles. The number of halogens is 4. The molecule has 0 aliphatic carbocycles. The second kappa shape index (κ2) is 5.12. The molecule has 0 aromatic heterocycles. The Hall–Kier alpha value is -1.82. The van der Waals surface area contributed by atoms with Crippen LogP contribution in [0, 0.1) is 12.7 Å². The first-order valence-electron chi connectivity index (χ1n) is 6.55. The third-order valence-electron chi connectivity index (χ3n) is 3.69. The number of carbonyl (C=O) groups excluding carboxylic acids is 1. The number of alkyl halides is 2. The normalized spacial score (nSPS) is 20.0.